The van der Waals surface area contributed by atoms with Crippen LogP contribution in [0.5, 0.6) is 5.75 Å². The predicted molar refractivity (Wildman–Crippen MR) is 68.3 cm³/mol. The maximum atomic E-state index is 5.34. The van der Waals surface area contributed by atoms with E-state index in [0.29, 0.717) is 0 Å². The van der Waals surface area contributed by atoms with Crippen LogP contribution in [0.4, 0.5) is 5.69 Å². The van der Waals surface area contributed by atoms with Gasteiger partial charge in [-0.05, 0) is 24.6 Å². The van der Waals surface area contributed by atoms with Crippen LogP contribution in [-0.2, 0) is 13.6 Å². The Morgan fingerprint density at radius 1 is 1.41 bits per heavy atom. The summed E-state index contributed by atoms with van der Waals surface area (Å²) in [6.45, 7) is 2.78. The third-order valence-electron chi connectivity index (χ3n) is 2.73. The van der Waals surface area contributed by atoms with E-state index in [0.717, 1.165) is 23.7 Å². The van der Waals surface area contributed by atoms with E-state index in [1.165, 1.54) is 5.56 Å². The highest BCUT2D eigenvalue weighted by Gasteiger charge is 2.04. The molecule has 1 N–H and O–H groups in total. The number of nitrogens with zero attached hydrogens (tertiary/aromatic N) is 2. The second kappa shape index (κ2) is 4.91. The monoisotopic (exact) mass is 231 g/mol. The SMILES string of the molecule is COc1cc(C)ccc1NCc1cncn1C. The molecule has 0 aliphatic carbocycles. The minimum atomic E-state index is 0.732. The predicted octanol–water partition coefficient (Wildman–Crippen LogP) is 2.35. The van der Waals surface area contributed by atoms with Gasteiger partial charge in [-0.2, -0.15) is 0 Å². The van der Waals surface area contributed by atoms with Crippen molar-refractivity contribution >= 4 is 5.69 Å². The van der Waals surface area contributed by atoms with E-state index in [1.54, 1.807) is 13.4 Å². The smallest absolute Gasteiger partial charge is 0.142 e. The van der Waals surface area contributed by atoms with E-state index < -0.39 is 0 Å². The number of ether oxygens (including phenoxy) is 1. The standard InChI is InChI=1S/C13H17N3O/c1-10-4-5-12(13(6-10)17-3)15-8-11-7-14-9-16(11)2/h4-7,9,15H,8H2,1-3H3. The van der Waals surface area contributed by atoms with E-state index in [9.17, 15) is 0 Å². The normalized spacial score (nSPS) is 10.3. The first kappa shape index (κ1) is 11.5. The van der Waals surface area contributed by atoms with Crippen LogP contribution in [0.3, 0.4) is 0 Å². The molecule has 2 aromatic rings. The minimum absolute atomic E-state index is 0.732. The fourth-order valence-electron chi connectivity index (χ4n) is 1.69. The molecule has 0 fully saturated rings. The van der Waals surface area contributed by atoms with Gasteiger partial charge in [0, 0.05) is 13.2 Å². The van der Waals surface area contributed by atoms with Gasteiger partial charge in [-0.1, -0.05) is 6.07 Å². The Hall–Kier alpha value is -1.97. The number of methoxy groups -OCH3 is 1. The Balaban J connectivity index is 2.11. The highest BCUT2D eigenvalue weighted by molar-refractivity contribution is 5.57. The van der Waals surface area contributed by atoms with Crippen LogP contribution in [0, 0.1) is 6.92 Å². The second-order valence-corrected chi connectivity index (χ2v) is 4.05. The van der Waals surface area contributed by atoms with E-state index >= 15 is 0 Å². The number of benzene rings is 1. The van der Waals surface area contributed by atoms with Crippen molar-refractivity contribution in [2.75, 3.05) is 12.4 Å². The third kappa shape index (κ3) is 2.58. The van der Waals surface area contributed by atoms with Gasteiger partial charge in [0.25, 0.3) is 0 Å². The molecule has 0 aliphatic heterocycles. The number of aromatic nitrogens is 2. The average molecular weight is 231 g/mol. The van der Waals surface area contributed by atoms with Gasteiger partial charge in [0.2, 0.25) is 0 Å². The fraction of sp³-hybridized carbons (Fsp3) is 0.308. The Morgan fingerprint density at radius 2 is 2.24 bits per heavy atom. The van der Waals surface area contributed by atoms with Crippen molar-refractivity contribution in [3.63, 3.8) is 0 Å². The average Bonchev–Trinajstić information content (AvgIpc) is 2.73. The summed E-state index contributed by atoms with van der Waals surface area (Å²) in [5.41, 5.74) is 3.32. The lowest BCUT2D eigenvalue weighted by Gasteiger charge is -2.11. The van der Waals surface area contributed by atoms with Crippen LogP contribution in [-0.4, -0.2) is 16.7 Å². The van der Waals surface area contributed by atoms with Crippen molar-refractivity contribution in [1.82, 2.24) is 9.55 Å². The third-order valence-corrected chi connectivity index (χ3v) is 2.73. The van der Waals surface area contributed by atoms with Crippen molar-refractivity contribution in [3.05, 3.63) is 42.0 Å². The molecule has 90 valence electrons. The largest absolute Gasteiger partial charge is 0.495 e. The Kier molecular flexibility index (Phi) is 3.32. The van der Waals surface area contributed by atoms with Crippen LogP contribution in [0.25, 0.3) is 0 Å². The zero-order valence-corrected chi connectivity index (χ0v) is 10.4. The molecule has 0 saturated carbocycles. The lowest BCUT2D eigenvalue weighted by molar-refractivity contribution is 0.416. The summed E-state index contributed by atoms with van der Waals surface area (Å²) >= 11 is 0. The van der Waals surface area contributed by atoms with Gasteiger partial charge in [0.05, 0.1) is 31.4 Å². The van der Waals surface area contributed by atoms with Crippen LogP contribution in [0.15, 0.2) is 30.7 Å². The summed E-state index contributed by atoms with van der Waals surface area (Å²) in [5.74, 6) is 0.868. The molecule has 0 saturated heterocycles. The van der Waals surface area contributed by atoms with E-state index in [4.69, 9.17) is 4.74 Å². The Morgan fingerprint density at radius 3 is 2.88 bits per heavy atom. The van der Waals surface area contributed by atoms with Gasteiger partial charge in [0.15, 0.2) is 0 Å². The van der Waals surface area contributed by atoms with Gasteiger partial charge in [-0.15, -0.1) is 0 Å². The molecule has 0 amide bonds. The number of nitrogens with one attached hydrogen (secondary N) is 1. The van der Waals surface area contributed by atoms with E-state index in [-0.39, 0.29) is 0 Å². The molecule has 0 spiro atoms. The molecular weight excluding hydrogens is 214 g/mol. The van der Waals surface area contributed by atoms with Gasteiger partial charge in [0.1, 0.15) is 5.75 Å². The highest BCUT2D eigenvalue weighted by Crippen LogP contribution is 2.25. The number of hydrogen-bond donors (Lipinski definition) is 1. The number of hydrogen-bond acceptors (Lipinski definition) is 3. The zero-order chi connectivity index (χ0) is 12.3. The quantitative estimate of drug-likeness (QED) is 0.878. The molecule has 0 bridgehead atoms. The first-order chi connectivity index (χ1) is 8.20. The minimum Gasteiger partial charge on any atom is -0.495 e. The van der Waals surface area contributed by atoms with Crippen molar-refractivity contribution in [1.29, 1.82) is 0 Å². The number of aryl methyl sites for hydroxylation is 2. The molecule has 0 aliphatic rings. The van der Waals surface area contributed by atoms with Crippen molar-refractivity contribution in [2.24, 2.45) is 7.05 Å². The van der Waals surface area contributed by atoms with E-state index in [1.807, 2.05) is 36.9 Å². The molecule has 4 nitrogen and oxygen atoms in total. The first-order valence-electron chi connectivity index (χ1n) is 5.54. The molecule has 0 atom stereocenters. The summed E-state index contributed by atoms with van der Waals surface area (Å²) in [6, 6.07) is 6.12. The molecule has 1 heterocycles. The summed E-state index contributed by atoms with van der Waals surface area (Å²) in [7, 11) is 3.67. The molecule has 0 radical (unpaired) electrons. The zero-order valence-electron chi connectivity index (χ0n) is 10.4. The Bertz CT molecular complexity index is 505. The molecule has 0 unspecified atom stereocenters. The van der Waals surface area contributed by atoms with E-state index in [2.05, 4.69) is 16.4 Å². The second-order valence-electron chi connectivity index (χ2n) is 4.05. The summed E-state index contributed by atoms with van der Waals surface area (Å²) < 4.78 is 7.34. The number of anilines is 1. The van der Waals surface area contributed by atoms with Crippen molar-refractivity contribution in [3.8, 4) is 5.75 Å². The van der Waals surface area contributed by atoms with Crippen LogP contribution in [0.2, 0.25) is 0 Å². The lowest BCUT2D eigenvalue weighted by Crippen LogP contribution is -2.05. The first-order valence-corrected chi connectivity index (χ1v) is 5.54. The lowest BCUT2D eigenvalue weighted by atomic mass is 10.2. The van der Waals surface area contributed by atoms with Crippen LogP contribution < -0.4 is 10.1 Å². The molecule has 1 aromatic heterocycles. The van der Waals surface area contributed by atoms with Gasteiger partial charge >= 0.3 is 0 Å². The van der Waals surface area contributed by atoms with Gasteiger partial charge in [-0.25, -0.2) is 4.98 Å². The summed E-state index contributed by atoms with van der Waals surface area (Å²) in [5, 5.41) is 3.35. The van der Waals surface area contributed by atoms with Crippen molar-refractivity contribution < 1.29 is 4.74 Å². The maximum absolute atomic E-state index is 5.34. The molecular formula is C13H17N3O. The van der Waals surface area contributed by atoms with Gasteiger partial charge in [-0.3, -0.25) is 0 Å². The number of imidazole rings is 1. The summed E-state index contributed by atoms with van der Waals surface area (Å²) in [4.78, 5) is 4.08. The van der Waals surface area contributed by atoms with Crippen LogP contribution in [0.1, 0.15) is 11.3 Å². The van der Waals surface area contributed by atoms with Crippen LogP contribution >= 0.6 is 0 Å². The number of rotatable bonds is 4. The topological polar surface area (TPSA) is 39.1 Å². The molecule has 4 heteroatoms. The summed E-state index contributed by atoms with van der Waals surface area (Å²) in [6.07, 6.45) is 3.65. The molecule has 1 aromatic carbocycles. The maximum Gasteiger partial charge on any atom is 0.142 e. The molecule has 2 rings (SSSR count). The van der Waals surface area contributed by atoms with Crippen molar-refractivity contribution in [2.45, 2.75) is 13.5 Å². The molecule has 17 heavy (non-hydrogen) atoms. The Labute approximate surface area is 101 Å². The fourth-order valence-corrected chi connectivity index (χ4v) is 1.69. The highest BCUT2D eigenvalue weighted by atomic mass is 16.5. The van der Waals surface area contributed by atoms with Gasteiger partial charge < -0.3 is 14.6 Å².